The molecule has 8 heteroatoms. The quantitative estimate of drug-likeness (QED) is 0.910. The number of nitriles is 1. The predicted molar refractivity (Wildman–Crippen MR) is 69.1 cm³/mol. The number of carbonyl (C=O) groups is 1. The van der Waals surface area contributed by atoms with Crippen molar-refractivity contribution in [2.24, 2.45) is 11.8 Å². The molecule has 0 aliphatic carbocycles. The first kappa shape index (κ1) is 15.4. The van der Waals surface area contributed by atoms with Crippen molar-refractivity contribution in [3.8, 4) is 6.07 Å². The average Bonchev–Trinajstić information content (AvgIpc) is 2.83. The Morgan fingerprint density at radius 3 is 2.57 bits per heavy atom. The van der Waals surface area contributed by atoms with Crippen molar-refractivity contribution < 1.29 is 23.1 Å². The molecule has 2 rings (SSSR count). The number of carboxylic acids is 1. The molecule has 21 heavy (non-hydrogen) atoms. The van der Waals surface area contributed by atoms with Gasteiger partial charge in [-0.25, -0.2) is 0 Å². The third-order valence-corrected chi connectivity index (χ3v) is 3.71. The number of anilines is 1. The molecular formula is C13H10ClF3N2O2. The van der Waals surface area contributed by atoms with Crippen LogP contribution in [0.5, 0.6) is 0 Å². The SMILES string of the molecule is N#Cc1cc(Cl)ccc1N1C[C@@H](C(F)(F)F)[C@H](C(=O)O)C1. The fourth-order valence-corrected chi connectivity index (χ4v) is 2.63. The van der Waals surface area contributed by atoms with Gasteiger partial charge in [-0.15, -0.1) is 0 Å². The van der Waals surface area contributed by atoms with Crippen LogP contribution in [0.15, 0.2) is 18.2 Å². The first-order valence-corrected chi connectivity index (χ1v) is 6.36. The van der Waals surface area contributed by atoms with Gasteiger partial charge in [0, 0.05) is 18.1 Å². The number of alkyl halides is 3. The minimum Gasteiger partial charge on any atom is -0.481 e. The Morgan fingerprint density at radius 2 is 2.10 bits per heavy atom. The Kier molecular flexibility index (Phi) is 4.01. The van der Waals surface area contributed by atoms with Crippen molar-refractivity contribution in [3.63, 3.8) is 0 Å². The van der Waals surface area contributed by atoms with Crippen molar-refractivity contribution in [3.05, 3.63) is 28.8 Å². The van der Waals surface area contributed by atoms with E-state index in [1.165, 1.54) is 23.1 Å². The number of nitrogens with zero attached hydrogens (tertiary/aromatic N) is 2. The molecule has 1 saturated heterocycles. The maximum Gasteiger partial charge on any atom is 0.394 e. The van der Waals surface area contributed by atoms with Crippen molar-refractivity contribution in [1.29, 1.82) is 5.26 Å². The van der Waals surface area contributed by atoms with E-state index in [2.05, 4.69) is 0 Å². The molecule has 1 aliphatic heterocycles. The molecule has 0 radical (unpaired) electrons. The summed E-state index contributed by atoms with van der Waals surface area (Å²) in [5.41, 5.74) is 0.384. The maximum absolute atomic E-state index is 12.9. The summed E-state index contributed by atoms with van der Waals surface area (Å²) in [6.07, 6.45) is -4.60. The van der Waals surface area contributed by atoms with Crippen molar-refractivity contribution in [1.82, 2.24) is 0 Å². The number of hydrogen-bond acceptors (Lipinski definition) is 3. The van der Waals surface area contributed by atoms with E-state index in [-0.39, 0.29) is 22.8 Å². The lowest BCUT2D eigenvalue weighted by atomic mass is 9.96. The Balaban J connectivity index is 2.36. The van der Waals surface area contributed by atoms with E-state index in [1.807, 2.05) is 6.07 Å². The molecule has 0 spiro atoms. The Hall–Kier alpha value is -1.94. The zero-order chi connectivity index (χ0) is 15.8. The molecule has 1 aromatic carbocycles. The minimum absolute atomic E-state index is 0.120. The average molecular weight is 319 g/mol. The third kappa shape index (κ3) is 3.05. The van der Waals surface area contributed by atoms with Crippen LogP contribution in [-0.2, 0) is 4.79 Å². The van der Waals surface area contributed by atoms with E-state index in [4.69, 9.17) is 22.0 Å². The number of halogens is 4. The van der Waals surface area contributed by atoms with Gasteiger partial charge in [0.2, 0.25) is 0 Å². The second-order valence-electron chi connectivity index (χ2n) is 4.77. The van der Waals surface area contributed by atoms with E-state index >= 15 is 0 Å². The van der Waals surface area contributed by atoms with Crippen molar-refractivity contribution in [2.75, 3.05) is 18.0 Å². The zero-order valence-corrected chi connectivity index (χ0v) is 11.3. The van der Waals surface area contributed by atoms with Gasteiger partial charge in [0.1, 0.15) is 6.07 Å². The lowest BCUT2D eigenvalue weighted by Gasteiger charge is -2.20. The van der Waals surface area contributed by atoms with E-state index < -0.39 is 30.5 Å². The summed E-state index contributed by atoms with van der Waals surface area (Å²) in [5.74, 6) is -5.00. The van der Waals surface area contributed by atoms with Gasteiger partial charge >= 0.3 is 12.1 Å². The highest BCUT2D eigenvalue weighted by Gasteiger charge is 2.52. The summed E-state index contributed by atoms with van der Waals surface area (Å²) in [5, 5.41) is 18.3. The molecule has 2 atom stereocenters. The van der Waals surface area contributed by atoms with Crippen LogP contribution >= 0.6 is 11.6 Å². The summed E-state index contributed by atoms with van der Waals surface area (Å²) in [6.45, 7) is -0.785. The fraction of sp³-hybridized carbons (Fsp3) is 0.385. The molecule has 1 aromatic rings. The predicted octanol–water partition coefficient (Wildman–Crippen LogP) is 2.91. The lowest BCUT2D eigenvalue weighted by Crippen LogP contribution is -2.33. The maximum atomic E-state index is 12.9. The molecule has 4 nitrogen and oxygen atoms in total. The monoisotopic (exact) mass is 318 g/mol. The topological polar surface area (TPSA) is 64.3 Å². The standard InChI is InChI=1S/C13H10ClF3N2O2/c14-8-1-2-11(7(3-8)4-18)19-5-9(12(20)21)10(6-19)13(15,16)17/h1-3,9-10H,5-6H2,(H,20,21)/t9-,10-/m1/s1. The van der Waals surface area contributed by atoms with E-state index in [0.29, 0.717) is 0 Å². The normalized spacial score (nSPS) is 22.1. The smallest absolute Gasteiger partial charge is 0.394 e. The molecule has 0 saturated carbocycles. The first-order valence-electron chi connectivity index (χ1n) is 5.98. The van der Waals surface area contributed by atoms with Crippen LogP contribution < -0.4 is 4.90 Å². The van der Waals surface area contributed by atoms with Crippen LogP contribution in [0.2, 0.25) is 5.02 Å². The van der Waals surface area contributed by atoms with Crippen LogP contribution in [0.4, 0.5) is 18.9 Å². The summed E-state index contributed by atoms with van der Waals surface area (Å²) in [4.78, 5) is 12.3. The number of rotatable bonds is 2. The molecule has 0 amide bonds. The lowest BCUT2D eigenvalue weighted by molar-refractivity contribution is -0.187. The van der Waals surface area contributed by atoms with Gasteiger partial charge in [-0.2, -0.15) is 18.4 Å². The van der Waals surface area contributed by atoms with Crippen LogP contribution in [0.25, 0.3) is 0 Å². The van der Waals surface area contributed by atoms with Crippen LogP contribution in [0.1, 0.15) is 5.56 Å². The molecule has 1 aliphatic rings. The highest BCUT2D eigenvalue weighted by atomic mass is 35.5. The Labute approximate surface area is 123 Å². The highest BCUT2D eigenvalue weighted by Crippen LogP contribution is 2.40. The first-order chi connectivity index (χ1) is 9.74. The number of hydrogen-bond donors (Lipinski definition) is 1. The van der Waals surface area contributed by atoms with E-state index in [0.717, 1.165) is 0 Å². The Bertz CT molecular complexity index is 612. The second-order valence-corrected chi connectivity index (χ2v) is 5.21. The zero-order valence-electron chi connectivity index (χ0n) is 10.6. The molecule has 112 valence electrons. The van der Waals surface area contributed by atoms with Gasteiger partial charge in [0.15, 0.2) is 0 Å². The van der Waals surface area contributed by atoms with Crippen LogP contribution in [0, 0.1) is 23.2 Å². The minimum atomic E-state index is -4.60. The van der Waals surface area contributed by atoms with Crippen LogP contribution in [0.3, 0.4) is 0 Å². The molecule has 0 unspecified atom stereocenters. The molecule has 0 aromatic heterocycles. The molecule has 1 heterocycles. The highest BCUT2D eigenvalue weighted by molar-refractivity contribution is 6.30. The summed E-state index contributed by atoms with van der Waals surface area (Å²) in [7, 11) is 0. The van der Waals surface area contributed by atoms with Gasteiger partial charge < -0.3 is 10.0 Å². The molecule has 1 fully saturated rings. The van der Waals surface area contributed by atoms with Gasteiger partial charge in [0.25, 0.3) is 0 Å². The third-order valence-electron chi connectivity index (χ3n) is 3.48. The molecule has 1 N–H and O–H groups in total. The van der Waals surface area contributed by atoms with E-state index in [9.17, 15) is 18.0 Å². The fourth-order valence-electron chi connectivity index (χ4n) is 2.46. The largest absolute Gasteiger partial charge is 0.481 e. The number of benzene rings is 1. The summed E-state index contributed by atoms with van der Waals surface area (Å²) < 4.78 is 38.8. The molecule has 0 bridgehead atoms. The van der Waals surface area contributed by atoms with Gasteiger partial charge in [0.05, 0.1) is 23.1 Å². The Morgan fingerprint density at radius 1 is 1.43 bits per heavy atom. The summed E-state index contributed by atoms with van der Waals surface area (Å²) in [6, 6.07) is 6.08. The van der Waals surface area contributed by atoms with Gasteiger partial charge in [-0.3, -0.25) is 4.79 Å². The van der Waals surface area contributed by atoms with Crippen molar-refractivity contribution >= 4 is 23.3 Å². The number of aliphatic carboxylic acids is 1. The number of carboxylic acid groups (broad SMARTS) is 1. The van der Waals surface area contributed by atoms with Crippen LogP contribution in [-0.4, -0.2) is 30.3 Å². The molecular weight excluding hydrogens is 309 g/mol. The van der Waals surface area contributed by atoms with Gasteiger partial charge in [-0.1, -0.05) is 11.6 Å². The van der Waals surface area contributed by atoms with Crippen molar-refractivity contribution in [2.45, 2.75) is 6.18 Å². The summed E-state index contributed by atoms with van der Waals surface area (Å²) >= 11 is 5.74. The second kappa shape index (κ2) is 5.45. The van der Waals surface area contributed by atoms with Gasteiger partial charge in [-0.05, 0) is 18.2 Å². The van der Waals surface area contributed by atoms with E-state index in [1.54, 1.807) is 0 Å².